The molecule has 1 N–H and O–H groups in total. The van der Waals surface area contributed by atoms with Crippen LogP contribution >= 0.6 is 11.3 Å². The first-order valence-corrected chi connectivity index (χ1v) is 9.53. The van der Waals surface area contributed by atoms with Crippen molar-refractivity contribution in [2.45, 2.75) is 20.0 Å². The van der Waals surface area contributed by atoms with E-state index in [2.05, 4.69) is 5.32 Å². The molecule has 0 atom stereocenters. The second-order valence-corrected chi connectivity index (χ2v) is 7.22. The highest BCUT2D eigenvalue weighted by molar-refractivity contribution is 7.20. The van der Waals surface area contributed by atoms with Gasteiger partial charge in [-0.15, -0.1) is 11.3 Å². The SMILES string of the molecule is CC=CCn1c(=O)c2cc(C(=O)NCc3ccc(OC)cc3)sc2n(C)c1=O. The van der Waals surface area contributed by atoms with Crippen molar-refractivity contribution in [3.05, 3.63) is 73.8 Å². The number of aryl methyl sites for hydroxylation is 1. The number of nitrogens with one attached hydrogen (secondary N) is 1. The van der Waals surface area contributed by atoms with Gasteiger partial charge in [0.25, 0.3) is 11.5 Å². The van der Waals surface area contributed by atoms with Crippen LogP contribution in [0.5, 0.6) is 5.75 Å². The summed E-state index contributed by atoms with van der Waals surface area (Å²) in [5, 5.41) is 3.21. The van der Waals surface area contributed by atoms with E-state index in [9.17, 15) is 14.4 Å². The van der Waals surface area contributed by atoms with Crippen LogP contribution in [-0.2, 0) is 20.1 Å². The van der Waals surface area contributed by atoms with Crippen LogP contribution in [0.4, 0.5) is 0 Å². The summed E-state index contributed by atoms with van der Waals surface area (Å²) in [7, 11) is 3.20. The Bertz CT molecular complexity index is 1150. The van der Waals surface area contributed by atoms with E-state index < -0.39 is 5.69 Å². The Hall–Kier alpha value is -3.13. The third kappa shape index (κ3) is 3.77. The molecule has 0 aliphatic carbocycles. The zero-order valence-electron chi connectivity index (χ0n) is 15.9. The van der Waals surface area contributed by atoms with Crippen molar-refractivity contribution in [1.29, 1.82) is 0 Å². The summed E-state index contributed by atoms with van der Waals surface area (Å²) in [6.45, 7) is 2.37. The van der Waals surface area contributed by atoms with Crippen molar-refractivity contribution in [3.63, 3.8) is 0 Å². The van der Waals surface area contributed by atoms with Gasteiger partial charge < -0.3 is 10.1 Å². The molecule has 0 aliphatic rings. The number of nitrogens with zero attached hydrogens (tertiary/aromatic N) is 2. The lowest BCUT2D eigenvalue weighted by Gasteiger charge is -2.05. The molecular formula is C20H21N3O4S. The molecule has 3 aromatic rings. The number of rotatable bonds is 6. The summed E-state index contributed by atoms with van der Waals surface area (Å²) in [6, 6.07) is 8.94. The van der Waals surface area contributed by atoms with Gasteiger partial charge in [0.05, 0.1) is 17.4 Å². The molecule has 0 bridgehead atoms. The Morgan fingerprint density at radius 1 is 1.25 bits per heavy atom. The third-order valence-corrected chi connectivity index (χ3v) is 5.58. The molecule has 0 unspecified atom stereocenters. The number of fused-ring (bicyclic) bond motifs is 1. The van der Waals surface area contributed by atoms with Crippen LogP contribution in [0.3, 0.4) is 0 Å². The van der Waals surface area contributed by atoms with E-state index in [0.717, 1.165) is 27.2 Å². The van der Waals surface area contributed by atoms with Crippen LogP contribution in [0, 0.1) is 0 Å². The predicted octanol–water partition coefficient (Wildman–Crippen LogP) is 2.28. The smallest absolute Gasteiger partial charge is 0.332 e. The molecule has 28 heavy (non-hydrogen) atoms. The summed E-state index contributed by atoms with van der Waals surface area (Å²) < 4.78 is 7.68. The van der Waals surface area contributed by atoms with E-state index >= 15 is 0 Å². The molecule has 0 radical (unpaired) electrons. The van der Waals surface area contributed by atoms with E-state index in [1.54, 1.807) is 32.4 Å². The predicted molar refractivity (Wildman–Crippen MR) is 110 cm³/mol. The van der Waals surface area contributed by atoms with Gasteiger partial charge in [0, 0.05) is 20.1 Å². The number of hydrogen-bond donors (Lipinski definition) is 1. The molecule has 1 amide bonds. The third-order valence-electron chi connectivity index (χ3n) is 4.37. The summed E-state index contributed by atoms with van der Waals surface area (Å²) in [5.74, 6) is 0.457. The number of aromatic nitrogens is 2. The Kier molecular flexibility index (Phi) is 5.79. The zero-order chi connectivity index (χ0) is 20.3. The average Bonchev–Trinajstić information content (AvgIpc) is 3.17. The quantitative estimate of drug-likeness (QED) is 0.645. The summed E-state index contributed by atoms with van der Waals surface area (Å²) in [6.07, 6.45) is 3.52. The fraction of sp³-hybridized carbons (Fsp3) is 0.250. The van der Waals surface area contributed by atoms with Gasteiger partial charge in [0.2, 0.25) is 0 Å². The molecule has 3 rings (SSSR count). The van der Waals surface area contributed by atoms with Gasteiger partial charge in [-0.1, -0.05) is 24.3 Å². The van der Waals surface area contributed by atoms with Crippen LogP contribution < -0.4 is 21.3 Å². The van der Waals surface area contributed by atoms with Gasteiger partial charge in [-0.2, -0.15) is 0 Å². The number of hydrogen-bond acceptors (Lipinski definition) is 5. The normalized spacial score (nSPS) is 11.2. The number of benzene rings is 1. The Morgan fingerprint density at radius 2 is 1.96 bits per heavy atom. The summed E-state index contributed by atoms with van der Waals surface area (Å²) in [4.78, 5) is 38.5. The maximum atomic E-state index is 12.7. The number of carbonyl (C=O) groups is 1. The first-order chi connectivity index (χ1) is 13.5. The van der Waals surface area contributed by atoms with Crippen molar-refractivity contribution < 1.29 is 9.53 Å². The van der Waals surface area contributed by atoms with Crippen LogP contribution in [0.2, 0.25) is 0 Å². The molecule has 0 aliphatic heterocycles. The molecule has 8 heteroatoms. The number of ether oxygens (including phenoxy) is 1. The fourth-order valence-electron chi connectivity index (χ4n) is 2.78. The molecule has 2 aromatic heterocycles. The van der Waals surface area contributed by atoms with Crippen LogP contribution in [-0.4, -0.2) is 22.2 Å². The van der Waals surface area contributed by atoms with Crippen molar-refractivity contribution in [2.75, 3.05) is 7.11 Å². The first kappa shape index (κ1) is 19.6. The van der Waals surface area contributed by atoms with Gasteiger partial charge in [-0.3, -0.25) is 18.7 Å². The Morgan fingerprint density at radius 3 is 2.61 bits per heavy atom. The number of amides is 1. The van der Waals surface area contributed by atoms with Gasteiger partial charge in [-0.25, -0.2) is 4.79 Å². The highest BCUT2D eigenvalue weighted by atomic mass is 32.1. The lowest BCUT2D eigenvalue weighted by molar-refractivity contribution is 0.0955. The molecule has 0 spiro atoms. The van der Waals surface area contributed by atoms with E-state index in [0.29, 0.717) is 21.6 Å². The van der Waals surface area contributed by atoms with Gasteiger partial charge in [0.15, 0.2) is 0 Å². The number of allylic oxidation sites excluding steroid dienone is 2. The van der Waals surface area contributed by atoms with Crippen LogP contribution in [0.15, 0.2) is 52.1 Å². The molecular weight excluding hydrogens is 378 g/mol. The molecule has 2 heterocycles. The standard InChI is InChI=1S/C20H21N3O4S/c1-4-5-10-23-18(25)15-11-16(28-19(15)22(2)20(23)26)17(24)21-12-13-6-8-14(27-3)9-7-13/h4-9,11H,10,12H2,1-3H3,(H,21,24). The van der Waals surface area contributed by atoms with Gasteiger partial charge in [-0.05, 0) is 30.7 Å². The Labute approximate surface area is 165 Å². The van der Waals surface area contributed by atoms with Crippen molar-refractivity contribution >= 4 is 27.5 Å². The lowest BCUT2D eigenvalue weighted by atomic mass is 10.2. The first-order valence-electron chi connectivity index (χ1n) is 8.72. The second-order valence-electron chi connectivity index (χ2n) is 6.19. The largest absolute Gasteiger partial charge is 0.497 e. The maximum absolute atomic E-state index is 12.7. The average molecular weight is 399 g/mol. The second kappa shape index (κ2) is 8.26. The molecule has 7 nitrogen and oxygen atoms in total. The molecule has 0 saturated carbocycles. The van der Waals surface area contributed by atoms with Crippen molar-refractivity contribution in [1.82, 2.24) is 14.5 Å². The van der Waals surface area contributed by atoms with Gasteiger partial charge in [0.1, 0.15) is 10.6 Å². The minimum absolute atomic E-state index is 0.201. The fourth-order valence-corrected chi connectivity index (χ4v) is 3.80. The zero-order valence-corrected chi connectivity index (χ0v) is 16.7. The summed E-state index contributed by atoms with van der Waals surface area (Å²) in [5.41, 5.74) is 0.140. The van der Waals surface area contributed by atoms with E-state index in [1.165, 1.54) is 4.57 Å². The van der Waals surface area contributed by atoms with Crippen LogP contribution in [0.1, 0.15) is 22.2 Å². The van der Waals surface area contributed by atoms with Gasteiger partial charge >= 0.3 is 5.69 Å². The number of carbonyl (C=O) groups excluding carboxylic acids is 1. The molecule has 1 aromatic carbocycles. The minimum atomic E-state index is -0.400. The maximum Gasteiger partial charge on any atom is 0.332 e. The molecule has 0 saturated heterocycles. The molecule has 146 valence electrons. The van der Waals surface area contributed by atoms with E-state index in [-0.39, 0.29) is 18.0 Å². The highest BCUT2D eigenvalue weighted by Crippen LogP contribution is 2.22. The topological polar surface area (TPSA) is 82.3 Å². The molecule has 0 fully saturated rings. The Balaban J connectivity index is 1.87. The van der Waals surface area contributed by atoms with Crippen molar-refractivity contribution in [2.24, 2.45) is 7.05 Å². The van der Waals surface area contributed by atoms with E-state index in [4.69, 9.17) is 4.74 Å². The van der Waals surface area contributed by atoms with E-state index in [1.807, 2.05) is 31.2 Å². The number of methoxy groups -OCH3 is 1. The van der Waals surface area contributed by atoms with Crippen LogP contribution in [0.25, 0.3) is 10.2 Å². The minimum Gasteiger partial charge on any atom is -0.497 e. The summed E-state index contributed by atoms with van der Waals surface area (Å²) >= 11 is 1.13. The monoisotopic (exact) mass is 399 g/mol. The van der Waals surface area contributed by atoms with Crippen molar-refractivity contribution in [3.8, 4) is 5.75 Å². The number of thiophene rings is 1. The highest BCUT2D eigenvalue weighted by Gasteiger charge is 2.17. The lowest BCUT2D eigenvalue weighted by Crippen LogP contribution is -2.38.